The predicted octanol–water partition coefficient (Wildman–Crippen LogP) is 1.61. The number of nitrogens with zero attached hydrogens (tertiary/aromatic N) is 1. The molecule has 19 heavy (non-hydrogen) atoms. The molecule has 1 amide bonds. The summed E-state index contributed by atoms with van der Waals surface area (Å²) < 4.78 is 0. The molecular formula is C15H31N3O. The molecule has 1 fully saturated rings. The van der Waals surface area contributed by atoms with Crippen LogP contribution in [0.4, 0.5) is 0 Å². The first-order valence-electron chi connectivity index (χ1n) is 7.84. The molecule has 2 N–H and O–H groups in total. The van der Waals surface area contributed by atoms with Gasteiger partial charge >= 0.3 is 0 Å². The van der Waals surface area contributed by atoms with Gasteiger partial charge in [0, 0.05) is 25.6 Å². The van der Waals surface area contributed by atoms with E-state index >= 15 is 0 Å². The van der Waals surface area contributed by atoms with Crippen molar-refractivity contribution in [3.63, 3.8) is 0 Å². The lowest BCUT2D eigenvalue weighted by Gasteiger charge is -2.32. The van der Waals surface area contributed by atoms with Gasteiger partial charge in [-0.15, -0.1) is 0 Å². The Hall–Kier alpha value is -0.610. The van der Waals surface area contributed by atoms with Crippen molar-refractivity contribution in [3.05, 3.63) is 0 Å². The van der Waals surface area contributed by atoms with Crippen LogP contribution in [-0.2, 0) is 4.79 Å². The fraction of sp³-hybridized carbons (Fsp3) is 0.933. The van der Waals surface area contributed by atoms with Gasteiger partial charge in [0.2, 0.25) is 5.91 Å². The van der Waals surface area contributed by atoms with Crippen LogP contribution in [0.25, 0.3) is 0 Å². The second kappa shape index (κ2) is 9.32. The van der Waals surface area contributed by atoms with Gasteiger partial charge in [0.1, 0.15) is 0 Å². The molecule has 1 heterocycles. The van der Waals surface area contributed by atoms with Crippen molar-refractivity contribution >= 4 is 5.91 Å². The minimum atomic E-state index is 0.171. The number of likely N-dealkylation sites (tertiary alicyclic amines) is 1. The van der Waals surface area contributed by atoms with Crippen LogP contribution in [0.2, 0.25) is 0 Å². The third-order valence-electron chi connectivity index (χ3n) is 3.62. The van der Waals surface area contributed by atoms with Crippen molar-refractivity contribution in [1.82, 2.24) is 15.5 Å². The van der Waals surface area contributed by atoms with Crippen molar-refractivity contribution in [2.45, 2.75) is 52.5 Å². The van der Waals surface area contributed by atoms with E-state index in [-0.39, 0.29) is 5.91 Å². The summed E-state index contributed by atoms with van der Waals surface area (Å²) in [6.07, 6.45) is 4.28. The molecule has 1 saturated heterocycles. The van der Waals surface area contributed by atoms with Crippen LogP contribution in [0.1, 0.15) is 46.5 Å². The van der Waals surface area contributed by atoms with Gasteiger partial charge < -0.3 is 15.5 Å². The number of amides is 1. The number of hydrogen-bond donors (Lipinski definition) is 2. The van der Waals surface area contributed by atoms with E-state index in [9.17, 15) is 4.79 Å². The molecule has 0 aromatic rings. The Morgan fingerprint density at radius 3 is 2.58 bits per heavy atom. The highest BCUT2D eigenvalue weighted by molar-refractivity contribution is 5.76. The van der Waals surface area contributed by atoms with Crippen LogP contribution in [0.5, 0.6) is 0 Å². The maximum Gasteiger partial charge on any atom is 0.221 e. The Kier molecular flexibility index (Phi) is 8.07. The Morgan fingerprint density at radius 1 is 1.32 bits per heavy atom. The summed E-state index contributed by atoms with van der Waals surface area (Å²) in [5.41, 5.74) is 0. The SMILES string of the molecule is CCCN1CCC(NCCC(=O)NCC(C)C)CC1. The molecule has 1 aliphatic rings. The van der Waals surface area contributed by atoms with Crippen LogP contribution in [0, 0.1) is 5.92 Å². The first-order chi connectivity index (χ1) is 9.11. The van der Waals surface area contributed by atoms with Gasteiger partial charge in [0.25, 0.3) is 0 Å². The summed E-state index contributed by atoms with van der Waals surface area (Å²) in [6, 6.07) is 0.603. The molecule has 112 valence electrons. The van der Waals surface area contributed by atoms with Crippen molar-refractivity contribution < 1.29 is 4.79 Å². The van der Waals surface area contributed by atoms with Crippen LogP contribution >= 0.6 is 0 Å². The average molecular weight is 269 g/mol. The van der Waals surface area contributed by atoms with Gasteiger partial charge in [-0.1, -0.05) is 20.8 Å². The van der Waals surface area contributed by atoms with E-state index in [4.69, 9.17) is 0 Å². The number of hydrogen-bond acceptors (Lipinski definition) is 3. The summed E-state index contributed by atoms with van der Waals surface area (Å²) in [5, 5.41) is 6.47. The number of piperidine rings is 1. The molecule has 0 spiro atoms. The lowest BCUT2D eigenvalue weighted by Crippen LogP contribution is -2.43. The second-order valence-corrected chi connectivity index (χ2v) is 6.02. The fourth-order valence-electron chi connectivity index (χ4n) is 2.47. The highest BCUT2D eigenvalue weighted by Gasteiger charge is 2.17. The molecule has 0 unspecified atom stereocenters. The van der Waals surface area contributed by atoms with Crippen LogP contribution in [0.15, 0.2) is 0 Å². The summed E-state index contributed by atoms with van der Waals surface area (Å²) >= 11 is 0. The van der Waals surface area contributed by atoms with Gasteiger partial charge in [-0.2, -0.15) is 0 Å². The molecule has 1 aliphatic heterocycles. The van der Waals surface area contributed by atoms with Crippen LogP contribution < -0.4 is 10.6 Å². The maximum atomic E-state index is 11.6. The molecule has 0 aromatic carbocycles. The number of rotatable bonds is 8. The van der Waals surface area contributed by atoms with Gasteiger partial charge in [-0.25, -0.2) is 0 Å². The highest BCUT2D eigenvalue weighted by atomic mass is 16.1. The number of carbonyl (C=O) groups excluding carboxylic acids is 1. The molecule has 0 saturated carbocycles. The Labute approximate surface area is 118 Å². The maximum absolute atomic E-state index is 11.6. The highest BCUT2D eigenvalue weighted by Crippen LogP contribution is 2.10. The number of nitrogens with one attached hydrogen (secondary N) is 2. The van der Waals surface area contributed by atoms with Gasteiger partial charge in [-0.3, -0.25) is 4.79 Å². The third-order valence-corrected chi connectivity index (χ3v) is 3.62. The Morgan fingerprint density at radius 2 is 2.00 bits per heavy atom. The van der Waals surface area contributed by atoms with E-state index in [1.807, 2.05) is 0 Å². The van der Waals surface area contributed by atoms with Crippen molar-refractivity contribution in [1.29, 1.82) is 0 Å². The van der Waals surface area contributed by atoms with Crippen LogP contribution in [-0.4, -0.2) is 49.6 Å². The molecule has 0 radical (unpaired) electrons. The zero-order valence-corrected chi connectivity index (χ0v) is 12.9. The Balaban J connectivity index is 2.03. The minimum Gasteiger partial charge on any atom is -0.356 e. The molecule has 4 nitrogen and oxygen atoms in total. The van der Waals surface area contributed by atoms with Gasteiger partial charge in [0.15, 0.2) is 0 Å². The third kappa shape index (κ3) is 7.53. The van der Waals surface area contributed by atoms with E-state index in [2.05, 4.69) is 36.3 Å². The first-order valence-corrected chi connectivity index (χ1v) is 7.84. The van der Waals surface area contributed by atoms with E-state index in [1.54, 1.807) is 0 Å². The molecule has 0 aliphatic carbocycles. The monoisotopic (exact) mass is 269 g/mol. The van der Waals surface area contributed by atoms with Gasteiger partial charge in [0.05, 0.1) is 0 Å². The average Bonchev–Trinajstić information content (AvgIpc) is 2.39. The molecule has 0 atom stereocenters. The Bertz CT molecular complexity index is 248. The van der Waals surface area contributed by atoms with E-state index in [0.717, 1.165) is 13.1 Å². The largest absolute Gasteiger partial charge is 0.356 e. The minimum absolute atomic E-state index is 0.171. The van der Waals surface area contributed by atoms with Crippen molar-refractivity contribution in [2.75, 3.05) is 32.7 Å². The van der Waals surface area contributed by atoms with Crippen molar-refractivity contribution in [3.8, 4) is 0 Å². The topological polar surface area (TPSA) is 44.4 Å². The number of carbonyl (C=O) groups is 1. The quantitative estimate of drug-likeness (QED) is 0.704. The first kappa shape index (κ1) is 16.4. The second-order valence-electron chi connectivity index (χ2n) is 6.02. The standard InChI is InChI=1S/C15H31N3O/c1-4-9-18-10-6-14(7-11-18)16-8-5-15(19)17-12-13(2)3/h13-14,16H,4-12H2,1-3H3,(H,17,19). The predicted molar refractivity (Wildman–Crippen MR) is 80.2 cm³/mol. The normalized spacial score (nSPS) is 17.9. The molecule has 0 bridgehead atoms. The lowest BCUT2D eigenvalue weighted by atomic mass is 10.0. The molecule has 4 heteroatoms. The molecular weight excluding hydrogens is 238 g/mol. The lowest BCUT2D eigenvalue weighted by molar-refractivity contribution is -0.121. The van der Waals surface area contributed by atoms with E-state index in [0.29, 0.717) is 18.4 Å². The zero-order valence-electron chi connectivity index (χ0n) is 12.9. The summed E-state index contributed by atoms with van der Waals surface area (Å²) in [5.74, 6) is 0.699. The summed E-state index contributed by atoms with van der Waals surface area (Å²) in [7, 11) is 0. The molecule has 1 rings (SSSR count). The smallest absolute Gasteiger partial charge is 0.221 e. The fourth-order valence-corrected chi connectivity index (χ4v) is 2.47. The van der Waals surface area contributed by atoms with E-state index < -0.39 is 0 Å². The summed E-state index contributed by atoms with van der Waals surface area (Å²) in [6.45, 7) is 11.7. The van der Waals surface area contributed by atoms with E-state index in [1.165, 1.54) is 38.9 Å². The van der Waals surface area contributed by atoms with Crippen molar-refractivity contribution in [2.24, 2.45) is 5.92 Å². The van der Waals surface area contributed by atoms with Gasteiger partial charge in [-0.05, 0) is 44.8 Å². The van der Waals surface area contributed by atoms with Crippen LogP contribution in [0.3, 0.4) is 0 Å². The zero-order chi connectivity index (χ0) is 14.1. The molecule has 0 aromatic heterocycles. The summed E-state index contributed by atoms with van der Waals surface area (Å²) in [4.78, 5) is 14.1.